The summed E-state index contributed by atoms with van der Waals surface area (Å²) >= 11 is -1.47. The van der Waals surface area contributed by atoms with Crippen molar-refractivity contribution in [2.75, 3.05) is 0 Å². The first kappa shape index (κ1) is 18.4. The molecule has 0 aliphatic heterocycles. The Kier molecular flexibility index (Phi) is 7.63. The van der Waals surface area contributed by atoms with Crippen LogP contribution in [0, 0.1) is 0 Å². The molecule has 21 heavy (non-hydrogen) atoms. The minimum Gasteiger partial charge on any atom is -1.00 e. The molecule has 108 valence electrons. The Bertz CT molecular complexity index is 602. The number of hydrogen-bond acceptors (Lipinski definition) is 0. The zero-order valence-corrected chi connectivity index (χ0v) is 15.1. The van der Waals surface area contributed by atoms with Crippen molar-refractivity contribution in [3.8, 4) is 0 Å². The summed E-state index contributed by atoms with van der Waals surface area (Å²) in [4.78, 5) is 0. The molecule has 0 atom stereocenters. The van der Waals surface area contributed by atoms with Gasteiger partial charge in [-0.25, -0.2) is 0 Å². The number of benzene rings is 1. The molecule has 0 radical (unpaired) electrons. The molecule has 0 nitrogen and oxygen atoms in total. The quantitative estimate of drug-likeness (QED) is 0.583. The average molecular weight is 353 g/mol. The van der Waals surface area contributed by atoms with Crippen LogP contribution >= 0.6 is 0 Å². The van der Waals surface area contributed by atoms with E-state index in [-0.39, 0.29) is 24.8 Å². The van der Waals surface area contributed by atoms with E-state index in [0.717, 1.165) is 12.8 Å². The summed E-state index contributed by atoms with van der Waals surface area (Å²) in [5, 5.41) is 0. The summed E-state index contributed by atoms with van der Waals surface area (Å²) in [5.74, 6) is 0. The zero-order valence-electron chi connectivity index (χ0n) is 12.0. The first-order valence-corrected chi connectivity index (χ1v) is 9.19. The molecule has 0 unspecified atom stereocenters. The van der Waals surface area contributed by atoms with Crippen LogP contribution in [0.3, 0.4) is 0 Å². The Morgan fingerprint density at radius 1 is 0.857 bits per heavy atom. The SMILES string of the molecule is C[C](c1ccccc1)=[Ti+2]([C]1=CC=CC1)[C]1=CC=CC1.[Cl-].[Cl-]. The maximum Gasteiger partial charge on any atom is -1.00 e. The van der Waals surface area contributed by atoms with Gasteiger partial charge in [0.1, 0.15) is 0 Å². The molecule has 0 saturated heterocycles. The minimum atomic E-state index is -1.47. The Hall–Kier alpha value is -0.656. The van der Waals surface area contributed by atoms with Crippen LogP contribution in [0.15, 0.2) is 74.5 Å². The molecule has 0 fully saturated rings. The average Bonchev–Trinajstić information content (AvgIpc) is 3.13. The van der Waals surface area contributed by atoms with Gasteiger partial charge in [-0.1, -0.05) is 0 Å². The summed E-state index contributed by atoms with van der Waals surface area (Å²) in [6, 6.07) is 10.9. The molecule has 0 amide bonds. The first-order chi connectivity index (χ1) is 9.36. The fraction of sp³-hybridized carbons (Fsp3) is 0.167. The van der Waals surface area contributed by atoms with Crippen LogP contribution in [0.25, 0.3) is 0 Å². The molecule has 0 N–H and O–H groups in total. The predicted molar refractivity (Wildman–Crippen MR) is 79.9 cm³/mol. The third-order valence-electron chi connectivity index (χ3n) is 3.77. The summed E-state index contributed by atoms with van der Waals surface area (Å²) in [6.45, 7) is 2.35. The van der Waals surface area contributed by atoms with Crippen LogP contribution in [0.1, 0.15) is 25.3 Å². The molecule has 0 saturated carbocycles. The van der Waals surface area contributed by atoms with Gasteiger partial charge in [0.15, 0.2) is 0 Å². The Morgan fingerprint density at radius 2 is 1.38 bits per heavy atom. The van der Waals surface area contributed by atoms with Crippen molar-refractivity contribution < 1.29 is 42.2 Å². The number of hydrogen-bond donors (Lipinski definition) is 0. The van der Waals surface area contributed by atoms with Gasteiger partial charge in [0.2, 0.25) is 0 Å². The molecule has 1 aromatic carbocycles. The molecule has 0 spiro atoms. The van der Waals surface area contributed by atoms with E-state index in [0.29, 0.717) is 0 Å². The van der Waals surface area contributed by atoms with E-state index in [1.807, 2.05) is 0 Å². The van der Waals surface area contributed by atoms with Crippen molar-refractivity contribution in [2.24, 2.45) is 0 Å². The van der Waals surface area contributed by atoms with Crippen LogP contribution < -0.4 is 24.8 Å². The van der Waals surface area contributed by atoms with Gasteiger partial charge < -0.3 is 24.8 Å². The Balaban J connectivity index is 0.00000110. The van der Waals surface area contributed by atoms with Crippen molar-refractivity contribution in [3.05, 3.63) is 80.1 Å². The molecule has 2 aliphatic carbocycles. The van der Waals surface area contributed by atoms with Crippen molar-refractivity contribution >= 4 is 3.81 Å². The predicted octanol–water partition coefficient (Wildman–Crippen LogP) is -1.46. The number of rotatable bonds is 3. The van der Waals surface area contributed by atoms with Gasteiger partial charge in [0.25, 0.3) is 0 Å². The topological polar surface area (TPSA) is 0 Å². The molecule has 3 heteroatoms. The van der Waals surface area contributed by atoms with Gasteiger partial charge >= 0.3 is 121 Å². The zero-order chi connectivity index (χ0) is 13.1. The second-order valence-electron chi connectivity index (χ2n) is 5.01. The Labute approximate surface area is 145 Å². The normalized spacial score (nSPS) is 14.5. The van der Waals surface area contributed by atoms with Gasteiger partial charge in [-0.3, -0.25) is 0 Å². The van der Waals surface area contributed by atoms with Crippen LogP contribution in [0.2, 0.25) is 0 Å². The minimum absolute atomic E-state index is 0. The fourth-order valence-corrected chi connectivity index (χ4v) is 7.47. The second-order valence-corrected chi connectivity index (χ2v) is 9.36. The van der Waals surface area contributed by atoms with Crippen LogP contribution in [0.5, 0.6) is 0 Å². The molecule has 1 aromatic rings. The monoisotopic (exact) mass is 352 g/mol. The van der Waals surface area contributed by atoms with Crippen molar-refractivity contribution in [2.45, 2.75) is 19.8 Å². The first-order valence-electron chi connectivity index (χ1n) is 6.84. The van der Waals surface area contributed by atoms with Crippen LogP contribution in [-0.2, 0) is 17.4 Å². The van der Waals surface area contributed by atoms with Crippen LogP contribution in [0.4, 0.5) is 0 Å². The van der Waals surface area contributed by atoms with Crippen LogP contribution in [-0.4, -0.2) is 3.81 Å². The largest absolute Gasteiger partial charge is 1.00 e. The maximum atomic E-state index is 2.36. The van der Waals surface area contributed by atoms with E-state index in [1.54, 1.807) is 11.6 Å². The van der Waals surface area contributed by atoms with Gasteiger partial charge in [-0.05, 0) is 0 Å². The van der Waals surface area contributed by atoms with E-state index >= 15 is 0 Å². The van der Waals surface area contributed by atoms with Gasteiger partial charge in [0, 0.05) is 0 Å². The summed E-state index contributed by atoms with van der Waals surface area (Å²) in [5.41, 5.74) is 1.43. The van der Waals surface area contributed by atoms with E-state index in [4.69, 9.17) is 0 Å². The van der Waals surface area contributed by atoms with E-state index in [9.17, 15) is 0 Å². The molecule has 0 aromatic heterocycles. The van der Waals surface area contributed by atoms with Crippen molar-refractivity contribution in [3.63, 3.8) is 0 Å². The van der Waals surface area contributed by atoms with Gasteiger partial charge in [0.05, 0.1) is 0 Å². The molecular weight excluding hydrogens is 335 g/mol. The van der Waals surface area contributed by atoms with E-state index in [1.165, 1.54) is 5.56 Å². The second kappa shape index (κ2) is 8.71. The van der Waals surface area contributed by atoms with E-state index < -0.39 is 17.4 Å². The molecule has 2 aliphatic rings. The third kappa shape index (κ3) is 4.17. The molecule has 3 rings (SSSR count). The molecule has 0 heterocycles. The summed E-state index contributed by atoms with van der Waals surface area (Å²) in [7, 11) is 0. The van der Waals surface area contributed by atoms with Gasteiger partial charge in [-0.2, -0.15) is 0 Å². The van der Waals surface area contributed by atoms with Crippen molar-refractivity contribution in [1.29, 1.82) is 0 Å². The molecular formula is C18H18Cl2Ti. The smallest absolute Gasteiger partial charge is 1.00 e. The van der Waals surface area contributed by atoms with Crippen molar-refractivity contribution in [1.82, 2.24) is 0 Å². The summed E-state index contributed by atoms with van der Waals surface area (Å²) in [6.07, 6.45) is 16.1. The summed E-state index contributed by atoms with van der Waals surface area (Å²) < 4.78 is 5.01. The number of allylic oxidation sites excluding steroid dienone is 8. The third-order valence-corrected chi connectivity index (χ3v) is 8.55. The Morgan fingerprint density at radius 3 is 1.81 bits per heavy atom. The van der Waals surface area contributed by atoms with Gasteiger partial charge in [-0.15, -0.1) is 0 Å². The maximum absolute atomic E-state index is 2.36. The standard InChI is InChI=1S/C8H8.2C5H5.2ClH.Ti/c1-2-8-6-4-3-5-7-8;2*1-2-4-5-3-1;;;/h3-7H,1H3;2*1-3H,4H2;2*1H;/q;;;;;+2/p-2. The van der Waals surface area contributed by atoms with E-state index in [2.05, 4.69) is 73.7 Å². The molecule has 0 bridgehead atoms. The fourth-order valence-electron chi connectivity index (χ4n) is 2.79. The number of halogens is 2.